The van der Waals surface area contributed by atoms with Gasteiger partial charge in [0.1, 0.15) is 0 Å². The Morgan fingerprint density at radius 3 is 2.45 bits per heavy atom. The summed E-state index contributed by atoms with van der Waals surface area (Å²) in [4.78, 5) is 17.6. The van der Waals surface area contributed by atoms with Gasteiger partial charge in [-0.2, -0.15) is 13.2 Å². The van der Waals surface area contributed by atoms with Crippen LogP contribution in [0.25, 0.3) is 22.2 Å². The molecule has 2 aromatic carbocycles. The Morgan fingerprint density at radius 1 is 1.11 bits per heavy atom. The SMILES string of the molecule is CCC(C)NC(=O)CN1CCC(c2ccc3[nH]c(-c4ccc(OC)c(OC)c4)c(CC(F)(F)F)c3c2)CC1. The predicted molar refractivity (Wildman–Crippen MR) is 143 cm³/mol. The van der Waals surface area contributed by atoms with Gasteiger partial charge in [-0.1, -0.05) is 13.0 Å². The summed E-state index contributed by atoms with van der Waals surface area (Å²) in [5.74, 6) is 1.22. The molecule has 38 heavy (non-hydrogen) atoms. The minimum absolute atomic E-state index is 0.0334. The van der Waals surface area contributed by atoms with Crippen LogP contribution in [0, 0.1) is 0 Å². The van der Waals surface area contributed by atoms with Crippen LogP contribution in [0.2, 0.25) is 0 Å². The van der Waals surface area contributed by atoms with Gasteiger partial charge in [0, 0.05) is 22.5 Å². The van der Waals surface area contributed by atoms with Crippen molar-refractivity contribution in [2.45, 2.75) is 57.7 Å². The molecule has 2 heterocycles. The zero-order valence-electron chi connectivity index (χ0n) is 22.4. The summed E-state index contributed by atoms with van der Waals surface area (Å²) in [6, 6.07) is 11.1. The normalized spacial score (nSPS) is 16.0. The number of fused-ring (bicyclic) bond motifs is 1. The van der Waals surface area contributed by atoms with Crippen molar-refractivity contribution in [3.8, 4) is 22.8 Å². The Hall–Kier alpha value is -3.20. The second kappa shape index (κ2) is 11.7. The lowest BCUT2D eigenvalue weighted by Gasteiger charge is -2.32. The fourth-order valence-electron chi connectivity index (χ4n) is 5.19. The third kappa shape index (κ3) is 6.43. The molecule has 206 valence electrons. The molecule has 3 aromatic rings. The van der Waals surface area contributed by atoms with Crippen LogP contribution in [-0.2, 0) is 11.2 Å². The van der Waals surface area contributed by atoms with Crippen LogP contribution in [-0.4, -0.2) is 61.9 Å². The van der Waals surface area contributed by atoms with Gasteiger partial charge in [0.15, 0.2) is 11.5 Å². The molecule has 0 radical (unpaired) electrons. The van der Waals surface area contributed by atoms with Gasteiger partial charge in [-0.05, 0) is 86.7 Å². The number of hydrogen-bond acceptors (Lipinski definition) is 4. The fraction of sp³-hybridized carbons (Fsp3) is 0.483. The highest BCUT2D eigenvalue weighted by atomic mass is 19.4. The first-order chi connectivity index (χ1) is 18.1. The number of rotatable bonds is 9. The highest BCUT2D eigenvalue weighted by Crippen LogP contribution is 2.40. The molecule has 1 saturated heterocycles. The summed E-state index contributed by atoms with van der Waals surface area (Å²) in [6.45, 7) is 5.95. The maximum Gasteiger partial charge on any atom is 0.393 e. The number of likely N-dealkylation sites (tertiary alicyclic amines) is 1. The number of alkyl halides is 3. The van der Waals surface area contributed by atoms with Crippen LogP contribution in [0.3, 0.4) is 0 Å². The molecule has 6 nitrogen and oxygen atoms in total. The van der Waals surface area contributed by atoms with E-state index in [1.54, 1.807) is 18.2 Å². The Labute approximate surface area is 221 Å². The summed E-state index contributed by atoms with van der Waals surface area (Å²) in [5.41, 5.74) is 2.95. The number of halogens is 3. The Balaban J connectivity index is 1.59. The quantitative estimate of drug-likeness (QED) is 0.353. The number of nitrogens with zero attached hydrogens (tertiary/aromatic N) is 1. The van der Waals surface area contributed by atoms with E-state index in [0.29, 0.717) is 40.2 Å². The second-order valence-electron chi connectivity index (χ2n) is 10.1. The Bertz CT molecular complexity index is 1260. The molecule has 4 rings (SSSR count). The third-order valence-electron chi connectivity index (χ3n) is 7.43. The van der Waals surface area contributed by atoms with Gasteiger partial charge in [0.05, 0.1) is 32.9 Å². The smallest absolute Gasteiger partial charge is 0.393 e. The third-order valence-corrected chi connectivity index (χ3v) is 7.43. The van der Waals surface area contributed by atoms with Crippen molar-refractivity contribution in [3.05, 3.63) is 47.5 Å². The summed E-state index contributed by atoms with van der Waals surface area (Å²) >= 11 is 0. The monoisotopic (exact) mass is 531 g/mol. The van der Waals surface area contributed by atoms with Crippen LogP contribution in [0.15, 0.2) is 36.4 Å². The molecule has 1 aromatic heterocycles. The van der Waals surface area contributed by atoms with Crippen molar-refractivity contribution in [2.75, 3.05) is 33.9 Å². The maximum atomic E-state index is 13.7. The van der Waals surface area contributed by atoms with E-state index in [9.17, 15) is 18.0 Å². The number of carbonyl (C=O) groups is 1. The summed E-state index contributed by atoms with van der Waals surface area (Å²) in [7, 11) is 3.02. The van der Waals surface area contributed by atoms with Crippen molar-refractivity contribution < 1.29 is 27.4 Å². The van der Waals surface area contributed by atoms with Gasteiger partial charge < -0.3 is 19.8 Å². The summed E-state index contributed by atoms with van der Waals surface area (Å²) < 4.78 is 51.8. The number of ether oxygens (including phenoxy) is 2. The molecule has 1 aliphatic heterocycles. The highest BCUT2D eigenvalue weighted by Gasteiger charge is 2.32. The van der Waals surface area contributed by atoms with E-state index >= 15 is 0 Å². The van der Waals surface area contributed by atoms with Crippen LogP contribution in [0.5, 0.6) is 11.5 Å². The second-order valence-corrected chi connectivity index (χ2v) is 10.1. The topological polar surface area (TPSA) is 66.6 Å². The number of carbonyl (C=O) groups excluding carboxylic acids is 1. The molecule has 1 amide bonds. The van der Waals surface area contributed by atoms with Crippen molar-refractivity contribution in [1.29, 1.82) is 0 Å². The summed E-state index contributed by atoms with van der Waals surface area (Å²) in [6.07, 6.45) is -2.81. The molecular weight excluding hydrogens is 495 g/mol. The number of hydrogen-bond donors (Lipinski definition) is 2. The number of benzene rings is 2. The molecule has 2 N–H and O–H groups in total. The standard InChI is InChI=1S/C29H36F3N3O3/c1-5-18(2)33-27(36)17-35-12-10-19(11-13-35)20-6-8-24-22(14-20)23(16-29(30,31)32)28(34-24)21-7-9-25(37-3)26(15-21)38-4/h6-9,14-15,18-19,34H,5,10-13,16-17H2,1-4H3,(H,33,36). The van der Waals surface area contributed by atoms with Crippen molar-refractivity contribution in [3.63, 3.8) is 0 Å². The molecule has 1 unspecified atom stereocenters. The lowest BCUT2D eigenvalue weighted by atomic mass is 9.88. The van der Waals surface area contributed by atoms with Gasteiger partial charge in [-0.3, -0.25) is 9.69 Å². The van der Waals surface area contributed by atoms with Gasteiger partial charge >= 0.3 is 6.18 Å². The number of nitrogens with one attached hydrogen (secondary N) is 2. The van der Waals surface area contributed by atoms with Gasteiger partial charge in [-0.15, -0.1) is 0 Å². The van der Waals surface area contributed by atoms with E-state index in [-0.39, 0.29) is 23.4 Å². The minimum Gasteiger partial charge on any atom is -0.493 e. The van der Waals surface area contributed by atoms with Crippen LogP contribution in [0.4, 0.5) is 13.2 Å². The van der Waals surface area contributed by atoms with E-state index in [0.717, 1.165) is 37.9 Å². The molecule has 1 fully saturated rings. The average Bonchev–Trinajstić information content (AvgIpc) is 3.24. The van der Waals surface area contributed by atoms with Crippen LogP contribution in [0.1, 0.15) is 50.2 Å². The van der Waals surface area contributed by atoms with Crippen molar-refractivity contribution in [1.82, 2.24) is 15.2 Å². The Kier molecular flexibility index (Phi) is 8.55. The zero-order valence-corrected chi connectivity index (χ0v) is 22.4. The van der Waals surface area contributed by atoms with Crippen LogP contribution >= 0.6 is 0 Å². The highest BCUT2D eigenvalue weighted by molar-refractivity contribution is 5.91. The average molecular weight is 532 g/mol. The van der Waals surface area contributed by atoms with Crippen molar-refractivity contribution >= 4 is 16.8 Å². The first kappa shape index (κ1) is 27.8. The van der Waals surface area contributed by atoms with E-state index in [1.807, 2.05) is 32.0 Å². The molecule has 0 aliphatic carbocycles. The van der Waals surface area contributed by atoms with Gasteiger partial charge in [-0.25, -0.2) is 0 Å². The maximum absolute atomic E-state index is 13.7. The molecule has 0 spiro atoms. The lowest BCUT2D eigenvalue weighted by Crippen LogP contribution is -2.43. The molecule has 9 heteroatoms. The molecule has 1 atom stereocenters. The fourth-order valence-corrected chi connectivity index (χ4v) is 5.19. The number of aromatic amines is 1. The molecule has 1 aliphatic rings. The Morgan fingerprint density at radius 2 is 1.82 bits per heavy atom. The van der Waals surface area contributed by atoms with E-state index < -0.39 is 12.6 Å². The van der Waals surface area contributed by atoms with E-state index in [4.69, 9.17) is 9.47 Å². The minimum atomic E-state index is -4.36. The lowest BCUT2D eigenvalue weighted by molar-refractivity contribution is -0.127. The van der Waals surface area contributed by atoms with Gasteiger partial charge in [0.2, 0.25) is 5.91 Å². The number of H-pyrrole nitrogens is 1. The number of aromatic nitrogens is 1. The predicted octanol–water partition coefficient (Wildman–Crippen LogP) is 6.05. The number of amides is 1. The van der Waals surface area contributed by atoms with E-state index in [2.05, 4.69) is 15.2 Å². The van der Waals surface area contributed by atoms with E-state index in [1.165, 1.54) is 14.2 Å². The van der Waals surface area contributed by atoms with Crippen LogP contribution < -0.4 is 14.8 Å². The molecule has 0 bridgehead atoms. The first-order valence-electron chi connectivity index (χ1n) is 13.1. The molecular formula is C29H36F3N3O3. The largest absolute Gasteiger partial charge is 0.493 e. The van der Waals surface area contributed by atoms with Gasteiger partial charge in [0.25, 0.3) is 0 Å². The first-order valence-corrected chi connectivity index (χ1v) is 13.1. The number of methoxy groups -OCH3 is 2. The summed E-state index contributed by atoms with van der Waals surface area (Å²) in [5, 5.41) is 3.59. The number of piperidine rings is 1. The van der Waals surface area contributed by atoms with Crippen molar-refractivity contribution in [2.24, 2.45) is 0 Å². The molecule has 0 saturated carbocycles. The zero-order chi connectivity index (χ0) is 27.4.